The lowest BCUT2D eigenvalue weighted by Crippen LogP contribution is -2.35. The Morgan fingerprint density at radius 3 is 2.48 bits per heavy atom. The van der Waals surface area contributed by atoms with E-state index in [4.69, 9.17) is 0 Å². The number of nitrogens with one attached hydrogen (secondary N) is 1. The summed E-state index contributed by atoms with van der Waals surface area (Å²) in [6.07, 6.45) is 2.15. The molecule has 1 aliphatic rings. The molecule has 4 rings (SSSR count). The predicted molar refractivity (Wildman–Crippen MR) is 101 cm³/mol. The van der Waals surface area contributed by atoms with Crippen molar-refractivity contribution in [3.8, 4) is 16.9 Å². The topological polar surface area (TPSA) is 94.0 Å². The molecule has 1 N–H and O–H groups in total. The van der Waals surface area contributed by atoms with Crippen molar-refractivity contribution in [3.05, 3.63) is 66.4 Å². The van der Waals surface area contributed by atoms with Crippen LogP contribution in [0, 0.1) is 0 Å². The van der Waals surface area contributed by atoms with Crippen molar-refractivity contribution in [1.29, 1.82) is 0 Å². The van der Waals surface area contributed by atoms with Gasteiger partial charge in [0.25, 0.3) is 5.91 Å². The number of sulfone groups is 1. The molecule has 0 aliphatic carbocycles. The largest absolute Gasteiger partial charge is 0.348 e. The van der Waals surface area contributed by atoms with Crippen LogP contribution in [0.2, 0.25) is 0 Å². The first kappa shape index (κ1) is 17.4. The van der Waals surface area contributed by atoms with Gasteiger partial charge >= 0.3 is 0 Å². The van der Waals surface area contributed by atoms with Crippen LogP contribution < -0.4 is 5.32 Å². The molecule has 0 unspecified atom stereocenters. The summed E-state index contributed by atoms with van der Waals surface area (Å²) in [6.45, 7) is 0. The van der Waals surface area contributed by atoms with Crippen LogP contribution in [0.4, 0.5) is 0 Å². The molecule has 0 saturated carbocycles. The van der Waals surface area contributed by atoms with Gasteiger partial charge in [-0.2, -0.15) is 0 Å². The van der Waals surface area contributed by atoms with Gasteiger partial charge < -0.3 is 5.32 Å². The number of carbonyl (C=O) groups is 1. The predicted octanol–water partition coefficient (Wildman–Crippen LogP) is 1.85. The fourth-order valence-corrected chi connectivity index (χ4v) is 4.84. The highest BCUT2D eigenvalue weighted by molar-refractivity contribution is 7.91. The second-order valence-electron chi connectivity index (χ2n) is 6.52. The summed E-state index contributed by atoms with van der Waals surface area (Å²) in [5.41, 5.74) is 3.10. The van der Waals surface area contributed by atoms with E-state index in [1.165, 1.54) is 0 Å². The number of nitrogens with zero attached hydrogens (tertiary/aromatic N) is 3. The first-order valence-electron chi connectivity index (χ1n) is 8.60. The van der Waals surface area contributed by atoms with E-state index in [9.17, 15) is 13.2 Å². The van der Waals surface area contributed by atoms with E-state index in [0.29, 0.717) is 12.0 Å². The third kappa shape index (κ3) is 3.75. The number of hydrogen-bond acceptors (Lipinski definition) is 5. The van der Waals surface area contributed by atoms with Gasteiger partial charge in [-0.1, -0.05) is 35.5 Å². The van der Waals surface area contributed by atoms with Crippen LogP contribution in [0.5, 0.6) is 0 Å². The summed E-state index contributed by atoms with van der Waals surface area (Å²) in [5.74, 6) is -0.132. The number of hydrogen-bond donors (Lipinski definition) is 1. The van der Waals surface area contributed by atoms with E-state index in [0.717, 1.165) is 16.9 Å². The Morgan fingerprint density at radius 1 is 1.07 bits per heavy atom. The van der Waals surface area contributed by atoms with Crippen molar-refractivity contribution in [2.24, 2.45) is 0 Å². The van der Waals surface area contributed by atoms with Crippen LogP contribution in [0.3, 0.4) is 0 Å². The summed E-state index contributed by atoms with van der Waals surface area (Å²) in [5, 5.41) is 10.9. The van der Waals surface area contributed by atoms with Crippen molar-refractivity contribution in [1.82, 2.24) is 20.3 Å². The Kier molecular flexibility index (Phi) is 4.49. The molecule has 1 saturated heterocycles. The Bertz CT molecular complexity index is 1060. The van der Waals surface area contributed by atoms with Crippen molar-refractivity contribution in [2.75, 3.05) is 11.5 Å². The second-order valence-corrected chi connectivity index (χ2v) is 8.75. The van der Waals surface area contributed by atoms with Crippen LogP contribution in [0.15, 0.2) is 60.8 Å². The van der Waals surface area contributed by atoms with Gasteiger partial charge in [-0.3, -0.25) is 4.79 Å². The molecule has 2 heterocycles. The highest BCUT2D eigenvalue weighted by atomic mass is 32.2. The van der Waals surface area contributed by atoms with E-state index in [-0.39, 0.29) is 23.5 Å². The smallest absolute Gasteiger partial charge is 0.251 e. The maximum atomic E-state index is 12.4. The average Bonchev–Trinajstić information content (AvgIpc) is 3.29. The number of carbonyl (C=O) groups excluding carboxylic acids is 1. The SMILES string of the molecule is O=C(N[C@@H]1CCS(=O)(=O)C1)c1ccc(-n2nncc2-c2ccccc2)cc1. The summed E-state index contributed by atoms with van der Waals surface area (Å²) >= 11 is 0. The van der Waals surface area contributed by atoms with Crippen LogP contribution in [0.1, 0.15) is 16.8 Å². The Labute approximate surface area is 156 Å². The molecule has 27 heavy (non-hydrogen) atoms. The van der Waals surface area contributed by atoms with E-state index < -0.39 is 9.84 Å². The molecule has 3 aromatic rings. The summed E-state index contributed by atoms with van der Waals surface area (Å²) in [6, 6.07) is 16.5. The number of amides is 1. The van der Waals surface area contributed by atoms with E-state index in [1.54, 1.807) is 35.1 Å². The molecule has 1 amide bonds. The molecule has 1 atom stereocenters. The molecule has 1 aliphatic heterocycles. The van der Waals surface area contributed by atoms with Gasteiger partial charge in [0.05, 0.1) is 29.1 Å². The third-order valence-electron chi connectivity index (χ3n) is 4.56. The minimum atomic E-state index is -3.02. The molecule has 1 fully saturated rings. The van der Waals surface area contributed by atoms with Gasteiger partial charge in [-0.25, -0.2) is 13.1 Å². The number of aromatic nitrogens is 3. The maximum Gasteiger partial charge on any atom is 0.251 e. The van der Waals surface area contributed by atoms with E-state index in [2.05, 4.69) is 15.6 Å². The fraction of sp³-hybridized carbons (Fsp3) is 0.211. The molecule has 0 bridgehead atoms. The normalized spacial score (nSPS) is 18.3. The molecule has 138 valence electrons. The van der Waals surface area contributed by atoms with Gasteiger partial charge in [0.15, 0.2) is 9.84 Å². The average molecular weight is 382 g/mol. The zero-order chi connectivity index (χ0) is 18.9. The molecule has 0 radical (unpaired) electrons. The lowest BCUT2D eigenvalue weighted by molar-refractivity contribution is 0.0941. The quantitative estimate of drug-likeness (QED) is 0.743. The van der Waals surface area contributed by atoms with Gasteiger partial charge in [-0.15, -0.1) is 5.10 Å². The van der Waals surface area contributed by atoms with Crippen molar-refractivity contribution in [3.63, 3.8) is 0 Å². The zero-order valence-electron chi connectivity index (χ0n) is 14.4. The van der Waals surface area contributed by atoms with Crippen molar-refractivity contribution in [2.45, 2.75) is 12.5 Å². The molecule has 2 aromatic carbocycles. The minimum absolute atomic E-state index is 0.0101. The van der Waals surface area contributed by atoms with Gasteiger partial charge in [0.1, 0.15) is 0 Å². The fourth-order valence-electron chi connectivity index (χ4n) is 3.16. The highest BCUT2D eigenvalue weighted by Crippen LogP contribution is 2.21. The van der Waals surface area contributed by atoms with Gasteiger partial charge in [-0.05, 0) is 30.7 Å². The lowest BCUT2D eigenvalue weighted by Gasteiger charge is -2.11. The third-order valence-corrected chi connectivity index (χ3v) is 6.33. The Balaban J connectivity index is 1.52. The molecule has 8 heteroatoms. The molecule has 7 nitrogen and oxygen atoms in total. The first-order valence-corrected chi connectivity index (χ1v) is 10.4. The summed E-state index contributed by atoms with van der Waals surface area (Å²) in [4.78, 5) is 12.4. The van der Waals surface area contributed by atoms with Gasteiger partial charge in [0.2, 0.25) is 0 Å². The van der Waals surface area contributed by atoms with E-state index >= 15 is 0 Å². The van der Waals surface area contributed by atoms with Crippen LogP contribution in [-0.4, -0.2) is 46.9 Å². The number of benzene rings is 2. The standard InChI is InChI=1S/C19H18N4O3S/c24-19(21-16-10-11-27(25,26)13-16)15-6-8-17(9-7-15)23-18(12-20-22-23)14-4-2-1-3-5-14/h1-9,12,16H,10-11,13H2,(H,21,24)/t16-/m1/s1. The summed E-state index contributed by atoms with van der Waals surface area (Å²) < 4.78 is 24.7. The molecule has 0 spiro atoms. The molecule has 1 aromatic heterocycles. The second kappa shape index (κ2) is 6.96. The Morgan fingerprint density at radius 2 is 1.81 bits per heavy atom. The molecular formula is C19H18N4O3S. The van der Waals surface area contributed by atoms with Crippen molar-refractivity contribution < 1.29 is 13.2 Å². The summed E-state index contributed by atoms with van der Waals surface area (Å²) in [7, 11) is -3.02. The van der Waals surface area contributed by atoms with Crippen molar-refractivity contribution >= 4 is 15.7 Å². The van der Waals surface area contributed by atoms with Gasteiger partial charge in [0, 0.05) is 17.2 Å². The highest BCUT2D eigenvalue weighted by Gasteiger charge is 2.29. The zero-order valence-corrected chi connectivity index (χ0v) is 15.3. The Hall–Kier alpha value is -3.00. The first-order chi connectivity index (χ1) is 13.0. The van der Waals surface area contributed by atoms with Crippen LogP contribution >= 0.6 is 0 Å². The minimum Gasteiger partial charge on any atom is -0.348 e. The van der Waals surface area contributed by atoms with Crippen LogP contribution in [-0.2, 0) is 9.84 Å². The van der Waals surface area contributed by atoms with E-state index in [1.807, 2.05) is 30.3 Å². The number of rotatable bonds is 4. The molecular weight excluding hydrogens is 364 g/mol. The monoisotopic (exact) mass is 382 g/mol. The van der Waals surface area contributed by atoms with Crippen LogP contribution in [0.25, 0.3) is 16.9 Å². The maximum absolute atomic E-state index is 12.4. The lowest BCUT2D eigenvalue weighted by atomic mass is 10.1.